The molecule has 0 saturated heterocycles. The highest BCUT2D eigenvalue weighted by atomic mass is 16.5. The summed E-state index contributed by atoms with van der Waals surface area (Å²) in [5, 5.41) is 8.25. The standard InChI is InChI=1S/C13H23NO/c14-12-15-11-7-10-13-8-5-3-1-2-4-6-9-13/h13H,1-11H2. The van der Waals surface area contributed by atoms with Crippen LogP contribution in [0, 0.1) is 17.4 Å². The van der Waals surface area contributed by atoms with E-state index in [1.165, 1.54) is 57.8 Å². The fraction of sp³-hybridized carbons (Fsp3) is 0.923. The van der Waals surface area contributed by atoms with Gasteiger partial charge in [-0.1, -0.05) is 51.4 Å². The molecule has 1 aliphatic rings. The molecule has 1 fully saturated rings. The van der Waals surface area contributed by atoms with E-state index in [0.717, 1.165) is 12.3 Å². The molecule has 0 amide bonds. The van der Waals surface area contributed by atoms with Crippen LogP contribution in [0.15, 0.2) is 0 Å². The normalized spacial score (nSPS) is 19.7. The zero-order chi connectivity index (χ0) is 10.8. The molecule has 1 rings (SSSR count). The van der Waals surface area contributed by atoms with Crippen molar-refractivity contribution in [2.45, 2.75) is 64.2 Å². The van der Waals surface area contributed by atoms with Gasteiger partial charge < -0.3 is 4.74 Å². The van der Waals surface area contributed by atoms with Crippen molar-refractivity contribution in [1.29, 1.82) is 5.26 Å². The van der Waals surface area contributed by atoms with Crippen LogP contribution in [0.5, 0.6) is 0 Å². The monoisotopic (exact) mass is 209 g/mol. The van der Waals surface area contributed by atoms with Crippen molar-refractivity contribution in [3.8, 4) is 6.26 Å². The summed E-state index contributed by atoms with van der Waals surface area (Å²) < 4.78 is 4.71. The van der Waals surface area contributed by atoms with Crippen molar-refractivity contribution in [2.75, 3.05) is 6.61 Å². The molecule has 2 nitrogen and oxygen atoms in total. The maximum Gasteiger partial charge on any atom is 0.286 e. The lowest BCUT2D eigenvalue weighted by Crippen LogP contribution is -2.02. The predicted octanol–water partition coefficient (Wildman–Crippen LogP) is 4.01. The van der Waals surface area contributed by atoms with Gasteiger partial charge in [0.15, 0.2) is 0 Å². The quantitative estimate of drug-likeness (QED) is 0.517. The van der Waals surface area contributed by atoms with Gasteiger partial charge >= 0.3 is 0 Å². The lowest BCUT2D eigenvalue weighted by molar-refractivity contribution is 0.245. The summed E-state index contributed by atoms with van der Waals surface area (Å²) in [5.41, 5.74) is 0. The number of hydrogen-bond donors (Lipinski definition) is 0. The van der Waals surface area contributed by atoms with Gasteiger partial charge in [-0.2, -0.15) is 5.26 Å². The van der Waals surface area contributed by atoms with Crippen LogP contribution >= 0.6 is 0 Å². The molecule has 0 bridgehead atoms. The summed E-state index contributed by atoms with van der Waals surface area (Å²) in [5.74, 6) is 0.894. The molecular weight excluding hydrogens is 186 g/mol. The first kappa shape index (κ1) is 12.4. The summed E-state index contributed by atoms with van der Waals surface area (Å²) >= 11 is 0. The van der Waals surface area contributed by atoms with Crippen LogP contribution < -0.4 is 0 Å². The number of rotatable bonds is 4. The SMILES string of the molecule is N#COCCCC1CCCCCCCC1. The number of hydrogen-bond acceptors (Lipinski definition) is 2. The van der Waals surface area contributed by atoms with Gasteiger partial charge in [-0.25, -0.2) is 0 Å². The molecule has 0 aromatic carbocycles. The minimum Gasteiger partial charge on any atom is -0.428 e. The van der Waals surface area contributed by atoms with E-state index in [1.54, 1.807) is 6.26 Å². The first-order valence-corrected chi connectivity index (χ1v) is 6.44. The van der Waals surface area contributed by atoms with Crippen LogP contribution in [0.3, 0.4) is 0 Å². The molecule has 0 radical (unpaired) electrons. The van der Waals surface area contributed by atoms with Crippen LogP contribution in [-0.2, 0) is 4.74 Å². The molecule has 0 N–H and O–H groups in total. The lowest BCUT2D eigenvalue weighted by atomic mass is 9.92. The van der Waals surface area contributed by atoms with Crippen molar-refractivity contribution in [2.24, 2.45) is 5.92 Å². The van der Waals surface area contributed by atoms with Crippen LogP contribution in [0.2, 0.25) is 0 Å². The minimum atomic E-state index is 0.618. The highest BCUT2D eigenvalue weighted by Gasteiger charge is 2.10. The van der Waals surface area contributed by atoms with Gasteiger partial charge in [-0.3, -0.25) is 0 Å². The third-order valence-corrected chi connectivity index (χ3v) is 3.40. The maximum absolute atomic E-state index is 8.25. The Bertz CT molecular complexity index is 175. The summed E-state index contributed by atoms with van der Waals surface area (Å²) in [6.45, 7) is 0.618. The fourth-order valence-corrected chi connectivity index (χ4v) is 2.50. The van der Waals surface area contributed by atoms with Gasteiger partial charge in [0, 0.05) is 0 Å². The van der Waals surface area contributed by atoms with Crippen molar-refractivity contribution < 1.29 is 4.74 Å². The molecule has 0 spiro atoms. The van der Waals surface area contributed by atoms with E-state index in [2.05, 4.69) is 0 Å². The first-order valence-electron chi connectivity index (χ1n) is 6.44. The molecule has 0 aromatic heterocycles. The van der Waals surface area contributed by atoms with Crippen molar-refractivity contribution in [3.05, 3.63) is 0 Å². The van der Waals surface area contributed by atoms with Gasteiger partial charge in [-0.05, 0) is 18.8 Å². The predicted molar refractivity (Wildman–Crippen MR) is 61.2 cm³/mol. The Kier molecular flexibility index (Phi) is 7.08. The second-order valence-electron chi connectivity index (χ2n) is 4.65. The Hall–Kier alpha value is -0.710. The number of ether oxygens (including phenoxy) is 1. The average molecular weight is 209 g/mol. The van der Waals surface area contributed by atoms with Gasteiger partial charge in [0.05, 0.1) is 0 Å². The smallest absolute Gasteiger partial charge is 0.286 e. The molecular formula is C13H23NO. The molecule has 15 heavy (non-hydrogen) atoms. The zero-order valence-electron chi connectivity index (χ0n) is 9.71. The number of nitriles is 1. The summed E-state index contributed by atoms with van der Waals surface area (Å²) in [4.78, 5) is 0. The average Bonchev–Trinajstić information content (AvgIpc) is 2.38. The Morgan fingerprint density at radius 1 is 1.00 bits per heavy atom. The molecule has 1 aliphatic carbocycles. The van der Waals surface area contributed by atoms with E-state index in [4.69, 9.17) is 10.00 Å². The highest BCUT2D eigenvalue weighted by Crippen LogP contribution is 2.25. The van der Waals surface area contributed by atoms with E-state index in [1.807, 2.05) is 0 Å². The second-order valence-corrected chi connectivity index (χ2v) is 4.65. The third kappa shape index (κ3) is 6.38. The van der Waals surface area contributed by atoms with Crippen molar-refractivity contribution >= 4 is 0 Å². The van der Waals surface area contributed by atoms with E-state index in [0.29, 0.717) is 6.61 Å². The Labute approximate surface area is 93.6 Å². The van der Waals surface area contributed by atoms with E-state index in [-0.39, 0.29) is 0 Å². The molecule has 0 aliphatic heterocycles. The van der Waals surface area contributed by atoms with Crippen LogP contribution in [0.4, 0.5) is 0 Å². The largest absolute Gasteiger partial charge is 0.428 e. The summed E-state index contributed by atoms with van der Waals surface area (Å²) in [7, 11) is 0. The summed E-state index contributed by atoms with van der Waals surface area (Å²) in [6.07, 6.45) is 15.4. The highest BCUT2D eigenvalue weighted by molar-refractivity contribution is 4.63. The molecule has 0 unspecified atom stereocenters. The van der Waals surface area contributed by atoms with E-state index >= 15 is 0 Å². The molecule has 0 atom stereocenters. The van der Waals surface area contributed by atoms with Crippen LogP contribution in [0.1, 0.15) is 64.2 Å². The minimum absolute atomic E-state index is 0.618. The lowest BCUT2D eigenvalue weighted by Gasteiger charge is -2.14. The van der Waals surface area contributed by atoms with Crippen molar-refractivity contribution in [3.63, 3.8) is 0 Å². The first-order chi connectivity index (χ1) is 7.43. The number of nitrogens with zero attached hydrogens (tertiary/aromatic N) is 1. The Balaban J connectivity index is 2.10. The second kappa shape index (κ2) is 8.59. The summed E-state index contributed by atoms with van der Waals surface area (Å²) in [6, 6.07) is 0. The van der Waals surface area contributed by atoms with Gasteiger partial charge in [0.2, 0.25) is 0 Å². The molecule has 2 heteroatoms. The fourth-order valence-electron chi connectivity index (χ4n) is 2.50. The molecule has 1 saturated carbocycles. The molecule has 0 heterocycles. The van der Waals surface area contributed by atoms with E-state index in [9.17, 15) is 0 Å². The van der Waals surface area contributed by atoms with Crippen molar-refractivity contribution in [1.82, 2.24) is 0 Å². The Morgan fingerprint density at radius 3 is 2.20 bits per heavy atom. The Morgan fingerprint density at radius 2 is 1.60 bits per heavy atom. The third-order valence-electron chi connectivity index (χ3n) is 3.40. The van der Waals surface area contributed by atoms with E-state index < -0.39 is 0 Å². The van der Waals surface area contributed by atoms with Crippen LogP contribution in [-0.4, -0.2) is 6.61 Å². The zero-order valence-corrected chi connectivity index (χ0v) is 9.71. The van der Waals surface area contributed by atoms with Gasteiger partial charge in [-0.15, -0.1) is 0 Å². The molecule has 86 valence electrons. The van der Waals surface area contributed by atoms with Gasteiger partial charge in [0.25, 0.3) is 6.26 Å². The molecule has 0 aromatic rings. The topological polar surface area (TPSA) is 33.0 Å². The maximum atomic E-state index is 8.25. The van der Waals surface area contributed by atoms with Crippen LogP contribution in [0.25, 0.3) is 0 Å². The van der Waals surface area contributed by atoms with Gasteiger partial charge in [0.1, 0.15) is 6.61 Å².